The van der Waals surface area contributed by atoms with E-state index in [1.807, 2.05) is 6.20 Å². The van der Waals surface area contributed by atoms with Gasteiger partial charge in [-0.25, -0.2) is 4.98 Å². The number of anilines is 1. The van der Waals surface area contributed by atoms with Gasteiger partial charge in [-0.05, 0) is 19.8 Å². The van der Waals surface area contributed by atoms with Gasteiger partial charge in [0.2, 0.25) is 0 Å². The minimum absolute atomic E-state index is 0.433. The summed E-state index contributed by atoms with van der Waals surface area (Å²) in [5.74, 6) is 1.42. The molecule has 0 amide bonds. The zero-order chi connectivity index (χ0) is 11.4. The second-order valence-electron chi connectivity index (χ2n) is 4.22. The third kappa shape index (κ3) is 2.46. The summed E-state index contributed by atoms with van der Waals surface area (Å²) >= 11 is 5.70. The fourth-order valence-corrected chi connectivity index (χ4v) is 2.53. The van der Waals surface area contributed by atoms with Crippen molar-refractivity contribution in [3.05, 3.63) is 18.1 Å². The molecule has 3 nitrogen and oxygen atoms in total. The lowest BCUT2D eigenvalue weighted by atomic mass is 10.2. The topological polar surface area (TPSA) is 29.0 Å². The van der Waals surface area contributed by atoms with Crippen LogP contribution in [0, 0.1) is 0 Å². The maximum Gasteiger partial charge on any atom is 0.147 e. The molecule has 4 heteroatoms. The molecule has 1 aliphatic rings. The predicted octanol–water partition coefficient (Wildman–Crippen LogP) is 2.98. The molecule has 0 bridgehead atoms. The monoisotopic (exact) mass is 239 g/mol. The molecule has 0 unspecified atom stereocenters. The van der Waals surface area contributed by atoms with Crippen molar-refractivity contribution in [1.82, 2.24) is 9.97 Å². The summed E-state index contributed by atoms with van der Waals surface area (Å²) in [7, 11) is 0. The first kappa shape index (κ1) is 11.6. The fourth-order valence-electron chi connectivity index (χ4n) is 2.39. The summed E-state index contributed by atoms with van der Waals surface area (Å²) in [5.41, 5.74) is 0.841. The molecule has 1 fully saturated rings. The number of nitrogens with zero attached hydrogens (tertiary/aromatic N) is 3. The van der Waals surface area contributed by atoms with E-state index in [-0.39, 0.29) is 0 Å². The van der Waals surface area contributed by atoms with Gasteiger partial charge in [0, 0.05) is 12.6 Å². The summed E-state index contributed by atoms with van der Waals surface area (Å²) in [4.78, 5) is 11.1. The van der Waals surface area contributed by atoms with Crippen LogP contribution in [0.5, 0.6) is 0 Å². The first-order chi connectivity index (χ1) is 7.85. The molecular weight excluding hydrogens is 222 g/mol. The SMILES string of the molecule is CCN(c1cnc(CCl)cn1)C1CCCC1. The second kappa shape index (κ2) is 5.48. The van der Waals surface area contributed by atoms with Crippen LogP contribution in [0.4, 0.5) is 5.82 Å². The highest BCUT2D eigenvalue weighted by atomic mass is 35.5. The quantitative estimate of drug-likeness (QED) is 0.757. The molecule has 0 saturated heterocycles. The van der Waals surface area contributed by atoms with E-state index in [2.05, 4.69) is 21.8 Å². The van der Waals surface area contributed by atoms with Gasteiger partial charge in [0.05, 0.1) is 24.0 Å². The lowest BCUT2D eigenvalue weighted by Gasteiger charge is -2.28. The third-order valence-electron chi connectivity index (χ3n) is 3.23. The Morgan fingerprint density at radius 3 is 2.56 bits per heavy atom. The Bertz CT molecular complexity index is 320. The summed E-state index contributed by atoms with van der Waals surface area (Å²) in [6.07, 6.45) is 8.88. The molecule has 1 aliphatic carbocycles. The van der Waals surface area contributed by atoms with Crippen LogP contribution in [0.3, 0.4) is 0 Å². The van der Waals surface area contributed by atoms with E-state index in [1.165, 1.54) is 25.7 Å². The van der Waals surface area contributed by atoms with E-state index in [0.717, 1.165) is 18.1 Å². The van der Waals surface area contributed by atoms with Crippen LogP contribution >= 0.6 is 11.6 Å². The molecule has 0 aromatic carbocycles. The number of halogens is 1. The second-order valence-corrected chi connectivity index (χ2v) is 4.49. The van der Waals surface area contributed by atoms with Crippen molar-refractivity contribution in [3.8, 4) is 0 Å². The largest absolute Gasteiger partial charge is 0.353 e. The Hall–Kier alpha value is -0.830. The molecule has 88 valence electrons. The molecule has 2 rings (SSSR count). The first-order valence-corrected chi connectivity index (χ1v) is 6.52. The maximum absolute atomic E-state index is 5.70. The number of hydrogen-bond acceptors (Lipinski definition) is 3. The van der Waals surface area contributed by atoms with E-state index >= 15 is 0 Å². The van der Waals surface area contributed by atoms with Crippen LogP contribution in [0.15, 0.2) is 12.4 Å². The normalized spacial score (nSPS) is 16.6. The van der Waals surface area contributed by atoms with Crippen molar-refractivity contribution < 1.29 is 0 Å². The van der Waals surface area contributed by atoms with Gasteiger partial charge in [0.15, 0.2) is 0 Å². The Morgan fingerprint density at radius 1 is 1.31 bits per heavy atom. The van der Waals surface area contributed by atoms with E-state index in [9.17, 15) is 0 Å². The van der Waals surface area contributed by atoms with Crippen LogP contribution in [-0.4, -0.2) is 22.6 Å². The summed E-state index contributed by atoms with van der Waals surface area (Å²) < 4.78 is 0. The van der Waals surface area contributed by atoms with Crippen molar-refractivity contribution in [1.29, 1.82) is 0 Å². The highest BCUT2D eigenvalue weighted by molar-refractivity contribution is 6.16. The Kier molecular flexibility index (Phi) is 3.99. The van der Waals surface area contributed by atoms with Gasteiger partial charge < -0.3 is 4.90 Å². The zero-order valence-corrected chi connectivity index (χ0v) is 10.5. The number of alkyl halides is 1. The van der Waals surface area contributed by atoms with Crippen LogP contribution in [0.2, 0.25) is 0 Å². The molecule has 1 aromatic rings. The van der Waals surface area contributed by atoms with Gasteiger partial charge in [0.1, 0.15) is 5.82 Å². The van der Waals surface area contributed by atoms with Crippen LogP contribution in [-0.2, 0) is 5.88 Å². The molecule has 1 heterocycles. The first-order valence-electron chi connectivity index (χ1n) is 5.98. The number of aromatic nitrogens is 2. The molecule has 0 atom stereocenters. The fraction of sp³-hybridized carbons (Fsp3) is 0.667. The molecule has 0 spiro atoms. The van der Waals surface area contributed by atoms with E-state index in [1.54, 1.807) is 6.20 Å². The minimum Gasteiger partial charge on any atom is -0.353 e. The third-order valence-corrected chi connectivity index (χ3v) is 3.50. The minimum atomic E-state index is 0.433. The highest BCUT2D eigenvalue weighted by Gasteiger charge is 2.22. The average Bonchev–Trinajstić information content (AvgIpc) is 2.85. The zero-order valence-electron chi connectivity index (χ0n) is 9.69. The lowest BCUT2D eigenvalue weighted by Crippen LogP contribution is -2.33. The van der Waals surface area contributed by atoms with Gasteiger partial charge in [-0.1, -0.05) is 12.8 Å². The molecule has 0 aliphatic heterocycles. The predicted molar refractivity (Wildman–Crippen MR) is 66.9 cm³/mol. The van der Waals surface area contributed by atoms with Crippen molar-refractivity contribution in [2.45, 2.75) is 44.5 Å². The van der Waals surface area contributed by atoms with E-state index in [4.69, 9.17) is 11.6 Å². The smallest absolute Gasteiger partial charge is 0.147 e. The lowest BCUT2D eigenvalue weighted by molar-refractivity contribution is 0.611. The molecule has 1 saturated carbocycles. The summed E-state index contributed by atoms with van der Waals surface area (Å²) in [6, 6.07) is 0.654. The van der Waals surface area contributed by atoms with Crippen molar-refractivity contribution in [2.24, 2.45) is 0 Å². The molecule has 0 radical (unpaired) electrons. The molecule has 0 N–H and O–H groups in total. The van der Waals surface area contributed by atoms with Gasteiger partial charge in [0.25, 0.3) is 0 Å². The van der Waals surface area contributed by atoms with Crippen molar-refractivity contribution in [3.63, 3.8) is 0 Å². The summed E-state index contributed by atoms with van der Waals surface area (Å²) in [6.45, 7) is 3.18. The van der Waals surface area contributed by atoms with E-state index < -0.39 is 0 Å². The van der Waals surface area contributed by atoms with Crippen molar-refractivity contribution >= 4 is 17.4 Å². The summed E-state index contributed by atoms with van der Waals surface area (Å²) in [5, 5.41) is 0. The Balaban J connectivity index is 2.12. The number of rotatable bonds is 4. The molecule has 1 aromatic heterocycles. The average molecular weight is 240 g/mol. The van der Waals surface area contributed by atoms with Crippen LogP contribution in [0.25, 0.3) is 0 Å². The standard InChI is InChI=1S/C12H18ClN3/c1-2-16(11-5-3-4-6-11)12-9-14-10(7-13)8-15-12/h8-9,11H,2-7H2,1H3. The number of hydrogen-bond donors (Lipinski definition) is 0. The van der Waals surface area contributed by atoms with Crippen LogP contribution < -0.4 is 4.90 Å². The van der Waals surface area contributed by atoms with Gasteiger partial charge in [-0.15, -0.1) is 11.6 Å². The van der Waals surface area contributed by atoms with Crippen LogP contribution in [0.1, 0.15) is 38.3 Å². The Morgan fingerprint density at radius 2 is 2.06 bits per heavy atom. The van der Waals surface area contributed by atoms with Gasteiger partial charge >= 0.3 is 0 Å². The maximum atomic E-state index is 5.70. The molecule has 16 heavy (non-hydrogen) atoms. The Labute approximate surface area is 102 Å². The molecular formula is C12H18ClN3. The van der Waals surface area contributed by atoms with E-state index in [0.29, 0.717) is 11.9 Å². The highest BCUT2D eigenvalue weighted by Crippen LogP contribution is 2.26. The van der Waals surface area contributed by atoms with Gasteiger partial charge in [-0.2, -0.15) is 0 Å². The van der Waals surface area contributed by atoms with Gasteiger partial charge in [-0.3, -0.25) is 4.98 Å². The van der Waals surface area contributed by atoms with Crippen molar-refractivity contribution in [2.75, 3.05) is 11.4 Å².